The highest BCUT2D eigenvalue weighted by molar-refractivity contribution is 7.98. The third-order valence-electron chi connectivity index (χ3n) is 1.40. The number of allylic oxidation sites excluding steroid dienone is 2. The first-order chi connectivity index (χ1) is 4.47. The summed E-state index contributed by atoms with van der Waals surface area (Å²) in [6.07, 6.45) is 8.49. The van der Waals surface area contributed by atoms with Crippen molar-refractivity contribution < 1.29 is 4.84 Å². The summed E-state index contributed by atoms with van der Waals surface area (Å²) in [5, 5.41) is 0.481. The Bertz CT molecular complexity index is 148. The van der Waals surface area contributed by atoms with E-state index in [0.717, 1.165) is 0 Å². The fraction of sp³-hybridized carbons (Fsp3) is 0.333. The summed E-state index contributed by atoms with van der Waals surface area (Å²) >= 11 is 1.62. The van der Waals surface area contributed by atoms with Crippen molar-refractivity contribution in [2.75, 3.05) is 0 Å². The molecule has 1 aliphatic carbocycles. The molecule has 2 unspecified atom stereocenters. The molecule has 0 aromatic rings. The van der Waals surface area contributed by atoms with Crippen LogP contribution in [0.2, 0.25) is 0 Å². The van der Waals surface area contributed by atoms with E-state index < -0.39 is 0 Å². The van der Waals surface area contributed by atoms with Crippen molar-refractivity contribution in [3.8, 4) is 0 Å². The molecule has 0 bridgehead atoms. The van der Waals surface area contributed by atoms with Crippen molar-refractivity contribution in [2.24, 2.45) is 0 Å². The van der Waals surface area contributed by atoms with Gasteiger partial charge in [-0.1, -0.05) is 24.3 Å². The molecule has 1 aliphatic heterocycles. The second-order valence-corrected chi connectivity index (χ2v) is 2.96. The van der Waals surface area contributed by atoms with E-state index in [1.807, 2.05) is 12.2 Å². The maximum absolute atomic E-state index is 5.13. The van der Waals surface area contributed by atoms with Gasteiger partial charge in [0.15, 0.2) is 0 Å². The normalized spacial score (nSPS) is 39.1. The minimum atomic E-state index is 0.250. The van der Waals surface area contributed by atoms with Crippen LogP contribution in [0.25, 0.3) is 0 Å². The van der Waals surface area contributed by atoms with E-state index in [2.05, 4.69) is 17.0 Å². The number of rotatable bonds is 0. The van der Waals surface area contributed by atoms with Crippen LogP contribution in [0.3, 0.4) is 0 Å². The van der Waals surface area contributed by atoms with Crippen molar-refractivity contribution in [3.05, 3.63) is 24.3 Å². The van der Waals surface area contributed by atoms with Gasteiger partial charge in [-0.3, -0.25) is 4.84 Å². The highest BCUT2D eigenvalue weighted by Gasteiger charge is 2.25. The van der Waals surface area contributed by atoms with Crippen LogP contribution in [0.15, 0.2) is 24.3 Å². The molecule has 48 valence electrons. The molecule has 0 amide bonds. The largest absolute Gasteiger partial charge is 0.282 e. The lowest BCUT2D eigenvalue weighted by molar-refractivity contribution is 0.0776. The smallest absolute Gasteiger partial charge is 0.115 e. The van der Waals surface area contributed by atoms with Gasteiger partial charge in [-0.05, 0) is 11.9 Å². The van der Waals surface area contributed by atoms with E-state index in [0.29, 0.717) is 5.25 Å². The lowest BCUT2D eigenvalue weighted by Crippen LogP contribution is -2.16. The highest BCUT2D eigenvalue weighted by Crippen LogP contribution is 2.25. The van der Waals surface area contributed by atoms with Gasteiger partial charge in [-0.25, -0.2) is 0 Å². The third-order valence-corrected chi connectivity index (χ3v) is 2.29. The molecule has 1 saturated heterocycles. The number of nitrogens with one attached hydrogen (secondary N) is 1. The number of fused-ring (bicyclic) bond motifs is 1. The first-order valence-corrected chi connectivity index (χ1v) is 3.76. The van der Waals surface area contributed by atoms with Crippen molar-refractivity contribution in [1.82, 2.24) is 4.89 Å². The molecule has 2 atom stereocenters. The van der Waals surface area contributed by atoms with Crippen LogP contribution < -0.4 is 4.89 Å². The zero-order chi connectivity index (χ0) is 6.10. The van der Waals surface area contributed by atoms with Gasteiger partial charge in [0.1, 0.15) is 6.10 Å². The van der Waals surface area contributed by atoms with E-state index >= 15 is 0 Å². The van der Waals surface area contributed by atoms with Crippen molar-refractivity contribution in [1.29, 1.82) is 0 Å². The van der Waals surface area contributed by atoms with Gasteiger partial charge < -0.3 is 0 Å². The average Bonchev–Trinajstić information content (AvgIpc) is 2.33. The van der Waals surface area contributed by atoms with Crippen LogP contribution in [0.1, 0.15) is 0 Å². The van der Waals surface area contributed by atoms with Gasteiger partial charge in [0, 0.05) is 0 Å². The Morgan fingerprint density at radius 2 is 2.22 bits per heavy atom. The summed E-state index contributed by atoms with van der Waals surface area (Å²) in [6, 6.07) is 0. The zero-order valence-electron chi connectivity index (χ0n) is 4.78. The van der Waals surface area contributed by atoms with Gasteiger partial charge in [-0.15, -0.1) is 4.89 Å². The Labute approximate surface area is 58.0 Å². The van der Waals surface area contributed by atoms with Crippen LogP contribution in [-0.2, 0) is 4.84 Å². The quantitative estimate of drug-likeness (QED) is 0.509. The highest BCUT2D eigenvalue weighted by atomic mass is 32.2. The molecule has 0 aromatic carbocycles. The van der Waals surface area contributed by atoms with Gasteiger partial charge in [0.25, 0.3) is 0 Å². The molecule has 2 nitrogen and oxygen atoms in total. The molecule has 9 heavy (non-hydrogen) atoms. The summed E-state index contributed by atoms with van der Waals surface area (Å²) in [5.74, 6) is 0. The van der Waals surface area contributed by atoms with Crippen LogP contribution in [0.5, 0.6) is 0 Å². The zero-order valence-corrected chi connectivity index (χ0v) is 5.60. The molecule has 1 N–H and O–H groups in total. The standard InChI is InChI=1S/C6H7NOS/c1-2-4-6-5(3-1)8-7-9-6/h1-7H. The van der Waals surface area contributed by atoms with E-state index in [1.165, 1.54) is 0 Å². The van der Waals surface area contributed by atoms with E-state index in [4.69, 9.17) is 4.84 Å². The predicted octanol–water partition coefficient (Wildman–Crippen LogP) is 1.03. The Morgan fingerprint density at radius 1 is 1.33 bits per heavy atom. The third kappa shape index (κ3) is 0.913. The van der Waals surface area contributed by atoms with Crippen LogP contribution in [0, 0.1) is 0 Å². The van der Waals surface area contributed by atoms with Gasteiger partial charge >= 0.3 is 0 Å². The Hall–Kier alpha value is -0.250. The monoisotopic (exact) mass is 141 g/mol. The summed E-state index contributed by atoms with van der Waals surface area (Å²) < 4.78 is 0. The fourth-order valence-corrected chi connectivity index (χ4v) is 1.65. The SMILES string of the molecule is C1=CC2ONSC2C=C1. The second-order valence-electron chi connectivity index (χ2n) is 2.02. The van der Waals surface area contributed by atoms with Gasteiger partial charge in [0.05, 0.1) is 5.25 Å². The molecule has 1 fully saturated rings. The lowest BCUT2D eigenvalue weighted by atomic mass is 10.1. The Kier molecular flexibility index (Phi) is 1.33. The molecule has 2 aliphatic rings. The maximum atomic E-state index is 5.13. The molecular formula is C6H7NOS. The first-order valence-electron chi connectivity index (χ1n) is 2.88. The van der Waals surface area contributed by atoms with E-state index in [-0.39, 0.29) is 6.10 Å². The van der Waals surface area contributed by atoms with Crippen molar-refractivity contribution in [2.45, 2.75) is 11.4 Å². The fourth-order valence-electron chi connectivity index (χ4n) is 0.918. The Morgan fingerprint density at radius 3 is 3.11 bits per heavy atom. The number of hydrogen-bond acceptors (Lipinski definition) is 3. The summed E-state index contributed by atoms with van der Waals surface area (Å²) in [4.78, 5) is 7.91. The molecule has 2 rings (SSSR count). The minimum absolute atomic E-state index is 0.250. The molecular weight excluding hydrogens is 134 g/mol. The first kappa shape index (κ1) is 5.53. The second kappa shape index (κ2) is 2.17. The molecule has 0 aromatic heterocycles. The topological polar surface area (TPSA) is 21.3 Å². The molecule has 0 saturated carbocycles. The molecule has 3 heteroatoms. The molecule has 0 spiro atoms. The summed E-state index contributed by atoms with van der Waals surface area (Å²) in [7, 11) is 0. The summed E-state index contributed by atoms with van der Waals surface area (Å²) in [6.45, 7) is 0. The summed E-state index contributed by atoms with van der Waals surface area (Å²) in [5.41, 5.74) is 0. The van der Waals surface area contributed by atoms with E-state index in [1.54, 1.807) is 11.9 Å². The Balaban J connectivity index is 2.18. The maximum Gasteiger partial charge on any atom is 0.115 e. The predicted molar refractivity (Wildman–Crippen MR) is 37.7 cm³/mol. The number of hydrogen-bond donors (Lipinski definition) is 1. The van der Waals surface area contributed by atoms with Gasteiger partial charge in [-0.2, -0.15) is 0 Å². The molecule has 1 heterocycles. The van der Waals surface area contributed by atoms with Crippen molar-refractivity contribution >= 4 is 11.9 Å². The van der Waals surface area contributed by atoms with Crippen LogP contribution in [-0.4, -0.2) is 11.4 Å². The van der Waals surface area contributed by atoms with Gasteiger partial charge in [0.2, 0.25) is 0 Å². The van der Waals surface area contributed by atoms with Crippen LogP contribution >= 0.6 is 11.9 Å². The minimum Gasteiger partial charge on any atom is -0.282 e. The van der Waals surface area contributed by atoms with Crippen molar-refractivity contribution in [3.63, 3.8) is 0 Å². The lowest BCUT2D eigenvalue weighted by Gasteiger charge is -2.08. The van der Waals surface area contributed by atoms with E-state index in [9.17, 15) is 0 Å². The van der Waals surface area contributed by atoms with Crippen LogP contribution in [0.4, 0.5) is 0 Å². The molecule has 0 radical (unpaired) electrons. The average molecular weight is 141 g/mol.